The number of carbonyl (C=O) groups is 2. The van der Waals surface area contributed by atoms with Gasteiger partial charge >= 0.3 is 0 Å². The molecule has 0 radical (unpaired) electrons. The Balaban J connectivity index is 0.00000288. The maximum absolute atomic E-state index is 12.5. The second-order valence-electron chi connectivity index (χ2n) is 6.46. The lowest BCUT2D eigenvalue weighted by molar-refractivity contribution is -0.138. The smallest absolute Gasteiger partial charge is 0.239 e. The average molecular weight is 379 g/mol. The van der Waals surface area contributed by atoms with Gasteiger partial charge in [-0.1, -0.05) is 0 Å². The van der Waals surface area contributed by atoms with Crippen molar-refractivity contribution in [2.75, 3.05) is 51.3 Å². The molecule has 0 saturated carbocycles. The van der Waals surface area contributed by atoms with Gasteiger partial charge in [-0.3, -0.25) is 14.5 Å². The lowest BCUT2D eigenvalue weighted by atomic mass is 10.1. The largest absolute Gasteiger partial charge is 0.341 e. The summed E-state index contributed by atoms with van der Waals surface area (Å²) < 4.78 is 0. The van der Waals surface area contributed by atoms with Crippen molar-refractivity contribution in [3.63, 3.8) is 0 Å². The molecule has 0 aromatic rings. The molecule has 0 bridgehead atoms. The number of nitrogens with two attached hydrogens (primary N) is 1. The van der Waals surface area contributed by atoms with Crippen molar-refractivity contribution in [3.8, 4) is 0 Å². The molecule has 2 saturated heterocycles. The number of carbonyl (C=O) groups excluding carboxylic acids is 2. The van der Waals surface area contributed by atoms with E-state index in [4.69, 9.17) is 5.73 Å². The van der Waals surface area contributed by atoms with E-state index in [9.17, 15) is 9.59 Å². The minimum absolute atomic E-state index is 0. The number of hydrogen-bond acceptors (Lipinski definition) is 5. The van der Waals surface area contributed by atoms with E-state index in [2.05, 4.69) is 4.90 Å². The second-order valence-corrected chi connectivity index (χ2v) is 7.44. The van der Waals surface area contributed by atoms with Gasteiger partial charge in [-0.05, 0) is 38.2 Å². The van der Waals surface area contributed by atoms with Gasteiger partial charge in [-0.15, -0.1) is 12.4 Å². The number of piperazine rings is 1. The topological polar surface area (TPSA) is 69.9 Å². The molecule has 1 unspecified atom stereocenters. The van der Waals surface area contributed by atoms with Crippen molar-refractivity contribution < 1.29 is 9.59 Å². The highest BCUT2D eigenvalue weighted by Crippen LogP contribution is 2.14. The van der Waals surface area contributed by atoms with Crippen LogP contribution in [0.25, 0.3) is 0 Å². The number of hydrogen-bond donors (Lipinski definition) is 1. The van der Waals surface area contributed by atoms with Gasteiger partial charge in [0.25, 0.3) is 0 Å². The maximum atomic E-state index is 12.5. The molecule has 6 nitrogen and oxygen atoms in total. The molecule has 0 aliphatic carbocycles. The molecule has 0 spiro atoms. The number of amides is 2. The Bertz CT molecular complexity index is 413. The first-order chi connectivity index (χ1) is 11.0. The summed E-state index contributed by atoms with van der Waals surface area (Å²) in [4.78, 5) is 30.8. The Labute approximate surface area is 155 Å². The Morgan fingerprint density at radius 2 is 1.54 bits per heavy atom. The number of nitrogens with zero attached hydrogens (tertiary/aromatic N) is 3. The van der Waals surface area contributed by atoms with E-state index in [0.29, 0.717) is 13.1 Å². The highest BCUT2D eigenvalue weighted by Gasteiger charge is 2.31. The second kappa shape index (κ2) is 10.5. The van der Waals surface area contributed by atoms with E-state index in [-0.39, 0.29) is 30.3 Å². The fourth-order valence-electron chi connectivity index (χ4n) is 3.29. The van der Waals surface area contributed by atoms with Gasteiger partial charge in [0.1, 0.15) is 0 Å². The fourth-order valence-corrected chi connectivity index (χ4v) is 3.78. The molecule has 140 valence electrons. The minimum atomic E-state index is -0.391. The fraction of sp³-hybridized carbons (Fsp3) is 0.875. The first-order valence-corrected chi connectivity index (χ1v) is 10.00. The summed E-state index contributed by atoms with van der Waals surface area (Å²) in [5.41, 5.74) is 5.98. The Hall–Kier alpha value is -0.500. The summed E-state index contributed by atoms with van der Waals surface area (Å²) in [6, 6.07) is -0.479. The van der Waals surface area contributed by atoms with Crippen LogP contribution >= 0.6 is 24.2 Å². The molecule has 2 aliphatic heterocycles. The van der Waals surface area contributed by atoms with Crippen LogP contribution in [0.1, 0.15) is 26.2 Å². The van der Waals surface area contributed by atoms with Crippen LogP contribution < -0.4 is 5.73 Å². The Morgan fingerprint density at radius 1 is 1.00 bits per heavy atom. The molecule has 24 heavy (non-hydrogen) atoms. The van der Waals surface area contributed by atoms with Crippen molar-refractivity contribution in [1.29, 1.82) is 0 Å². The summed E-state index contributed by atoms with van der Waals surface area (Å²) in [5.74, 6) is 1.20. The van der Waals surface area contributed by atoms with E-state index in [1.807, 2.05) is 23.0 Å². The molecule has 2 N–H and O–H groups in total. The van der Waals surface area contributed by atoms with Crippen LogP contribution in [0, 0.1) is 0 Å². The minimum Gasteiger partial charge on any atom is -0.341 e. The maximum Gasteiger partial charge on any atom is 0.239 e. The molecule has 2 atom stereocenters. The molecular weight excluding hydrogens is 348 g/mol. The van der Waals surface area contributed by atoms with E-state index < -0.39 is 6.04 Å². The van der Waals surface area contributed by atoms with Crippen LogP contribution in [0.4, 0.5) is 0 Å². The molecule has 2 amide bonds. The normalized spacial score (nSPS) is 21.3. The van der Waals surface area contributed by atoms with Crippen molar-refractivity contribution in [3.05, 3.63) is 0 Å². The summed E-state index contributed by atoms with van der Waals surface area (Å²) in [6.07, 6.45) is 4.99. The third-order valence-electron chi connectivity index (χ3n) is 4.90. The van der Waals surface area contributed by atoms with Gasteiger partial charge in [0.15, 0.2) is 0 Å². The van der Waals surface area contributed by atoms with Gasteiger partial charge in [0, 0.05) is 39.3 Å². The van der Waals surface area contributed by atoms with Gasteiger partial charge in [0.2, 0.25) is 11.8 Å². The van der Waals surface area contributed by atoms with E-state index in [1.54, 1.807) is 11.8 Å². The lowest BCUT2D eigenvalue weighted by Gasteiger charge is -2.39. The molecule has 0 aromatic heterocycles. The van der Waals surface area contributed by atoms with Gasteiger partial charge in [-0.25, -0.2) is 0 Å². The first-order valence-electron chi connectivity index (χ1n) is 8.60. The van der Waals surface area contributed by atoms with E-state index in [1.165, 1.54) is 0 Å². The molecule has 2 fully saturated rings. The monoisotopic (exact) mass is 378 g/mol. The summed E-state index contributed by atoms with van der Waals surface area (Å²) in [6.45, 7) is 6.62. The summed E-state index contributed by atoms with van der Waals surface area (Å²) >= 11 is 1.71. The van der Waals surface area contributed by atoms with Crippen LogP contribution in [0.5, 0.6) is 0 Å². The van der Waals surface area contributed by atoms with Crippen LogP contribution in [0.15, 0.2) is 0 Å². The quantitative estimate of drug-likeness (QED) is 0.734. The predicted octanol–water partition coefficient (Wildman–Crippen LogP) is 0.644. The Morgan fingerprint density at radius 3 is 2.08 bits per heavy atom. The van der Waals surface area contributed by atoms with Crippen LogP contribution in [0.2, 0.25) is 0 Å². The Kier molecular flexibility index (Phi) is 9.41. The first kappa shape index (κ1) is 21.5. The third-order valence-corrected chi connectivity index (χ3v) is 5.54. The summed E-state index contributed by atoms with van der Waals surface area (Å²) in [7, 11) is 0. The third kappa shape index (κ3) is 5.51. The summed E-state index contributed by atoms with van der Waals surface area (Å²) in [5, 5.41) is 0. The lowest BCUT2D eigenvalue weighted by Crippen LogP contribution is -2.57. The number of rotatable bonds is 6. The van der Waals surface area contributed by atoms with Gasteiger partial charge in [-0.2, -0.15) is 11.8 Å². The van der Waals surface area contributed by atoms with Crippen molar-refractivity contribution >= 4 is 36.0 Å². The SMILES string of the molecule is CSCC[C@H](N)C(=O)N1CCN(C(C)C(=O)N2CCCC2)CC1.Cl. The number of likely N-dealkylation sites (tertiary alicyclic amines) is 1. The van der Waals surface area contributed by atoms with Crippen LogP contribution in [-0.2, 0) is 9.59 Å². The molecule has 2 heterocycles. The zero-order valence-corrected chi connectivity index (χ0v) is 16.4. The van der Waals surface area contributed by atoms with Crippen LogP contribution in [0.3, 0.4) is 0 Å². The van der Waals surface area contributed by atoms with Gasteiger partial charge in [0.05, 0.1) is 12.1 Å². The predicted molar refractivity (Wildman–Crippen MR) is 102 cm³/mol. The number of halogens is 1. The molecule has 8 heteroatoms. The van der Waals surface area contributed by atoms with E-state index >= 15 is 0 Å². The highest BCUT2D eigenvalue weighted by molar-refractivity contribution is 7.98. The van der Waals surface area contributed by atoms with Crippen molar-refractivity contribution in [2.24, 2.45) is 5.73 Å². The molecular formula is C16H31ClN4O2S. The van der Waals surface area contributed by atoms with Gasteiger partial charge < -0.3 is 15.5 Å². The van der Waals surface area contributed by atoms with Crippen LogP contribution in [-0.4, -0.2) is 89.9 Å². The average Bonchev–Trinajstić information content (AvgIpc) is 3.12. The molecule has 2 aliphatic rings. The standard InChI is InChI=1S/C16H30N4O2S.ClH/c1-13(15(21)19-6-3-4-7-19)18-8-10-20(11-9-18)16(22)14(17)5-12-23-2;/h13-14H,3-12,17H2,1-2H3;1H/t13?,14-;/m0./s1. The highest BCUT2D eigenvalue weighted by atomic mass is 35.5. The van der Waals surface area contributed by atoms with E-state index in [0.717, 1.165) is 51.2 Å². The zero-order chi connectivity index (χ0) is 16.8. The molecule has 0 aromatic carbocycles. The molecule has 2 rings (SSSR count). The van der Waals surface area contributed by atoms with Crippen molar-refractivity contribution in [2.45, 2.75) is 38.3 Å². The van der Waals surface area contributed by atoms with Crippen molar-refractivity contribution in [1.82, 2.24) is 14.7 Å². The number of thioether (sulfide) groups is 1. The zero-order valence-electron chi connectivity index (χ0n) is 14.8.